The van der Waals surface area contributed by atoms with Crippen LogP contribution in [-0.2, 0) is 6.54 Å². The van der Waals surface area contributed by atoms with Gasteiger partial charge in [0.2, 0.25) is 0 Å². The average Bonchev–Trinajstić information content (AvgIpc) is 2.63. The summed E-state index contributed by atoms with van der Waals surface area (Å²) in [4.78, 5) is 16.1. The van der Waals surface area contributed by atoms with Crippen LogP contribution in [0.15, 0.2) is 41.5 Å². The molecule has 25 heavy (non-hydrogen) atoms. The first-order valence-electron chi connectivity index (χ1n) is 8.64. The molecule has 0 N–H and O–H groups in total. The second-order valence-corrected chi connectivity index (χ2v) is 7.05. The van der Waals surface area contributed by atoms with Gasteiger partial charge in [-0.05, 0) is 35.9 Å². The molecule has 0 radical (unpaired) electrons. The van der Waals surface area contributed by atoms with Crippen LogP contribution in [0.25, 0.3) is 0 Å². The molecule has 0 saturated carbocycles. The zero-order chi connectivity index (χ0) is 17.2. The van der Waals surface area contributed by atoms with Crippen molar-refractivity contribution in [1.29, 1.82) is 0 Å². The molecule has 2 aromatic rings. The number of anilines is 2. The smallest absolute Gasteiger partial charge is 0.154 e. The van der Waals surface area contributed by atoms with E-state index in [4.69, 9.17) is 11.6 Å². The number of halogens is 1. The molecule has 1 aromatic carbocycles. The Morgan fingerprint density at radius 1 is 1.08 bits per heavy atom. The van der Waals surface area contributed by atoms with Crippen LogP contribution >= 0.6 is 11.6 Å². The number of aliphatic imine (C=N–C) groups is 1. The monoisotopic (exact) mass is 355 g/mol. The van der Waals surface area contributed by atoms with E-state index in [1.165, 1.54) is 11.3 Å². The third-order valence-corrected chi connectivity index (χ3v) is 5.07. The number of fused-ring (bicyclic) bond motifs is 1. The van der Waals surface area contributed by atoms with Crippen molar-refractivity contribution in [1.82, 2.24) is 9.88 Å². The maximum Gasteiger partial charge on any atom is 0.154 e. The zero-order valence-electron chi connectivity index (χ0n) is 14.4. The lowest BCUT2D eigenvalue weighted by atomic mass is 10.2. The van der Waals surface area contributed by atoms with Gasteiger partial charge < -0.3 is 9.80 Å². The third-order valence-electron chi connectivity index (χ3n) is 4.82. The molecule has 1 aromatic heterocycles. The van der Waals surface area contributed by atoms with Gasteiger partial charge in [0, 0.05) is 62.9 Å². The van der Waals surface area contributed by atoms with Crippen molar-refractivity contribution in [3.63, 3.8) is 0 Å². The van der Waals surface area contributed by atoms with Gasteiger partial charge in [0.1, 0.15) is 5.69 Å². The normalized spacial score (nSPS) is 17.7. The van der Waals surface area contributed by atoms with Crippen molar-refractivity contribution in [2.75, 3.05) is 49.6 Å². The second kappa shape index (κ2) is 7.02. The fourth-order valence-corrected chi connectivity index (χ4v) is 3.51. The second-order valence-electron chi connectivity index (χ2n) is 6.62. The Labute approximate surface area is 153 Å². The van der Waals surface area contributed by atoms with Gasteiger partial charge in [0.15, 0.2) is 5.82 Å². The lowest BCUT2D eigenvalue weighted by Crippen LogP contribution is -2.45. The fourth-order valence-electron chi connectivity index (χ4n) is 3.39. The molecule has 6 heteroatoms. The molecule has 1 saturated heterocycles. The van der Waals surface area contributed by atoms with E-state index in [0.717, 1.165) is 55.8 Å². The number of nitrogens with zero attached hydrogens (tertiary/aromatic N) is 5. The molecule has 2 aliphatic heterocycles. The number of hydrogen-bond acceptors (Lipinski definition) is 5. The van der Waals surface area contributed by atoms with Crippen molar-refractivity contribution in [3.8, 4) is 0 Å². The van der Waals surface area contributed by atoms with Crippen molar-refractivity contribution in [2.24, 2.45) is 4.99 Å². The summed E-state index contributed by atoms with van der Waals surface area (Å²) in [5.74, 6) is 0.971. The number of pyridine rings is 1. The Hall–Kier alpha value is -2.11. The van der Waals surface area contributed by atoms with Crippen LogP contribution in [0.2, 0.25) is 5.02 Å². The van der Waals surface area contributed by atoms with Gasteiger partial charge in [-0.3, -0.25) is 9.89 Å². The highest BCUT2D eigenvalue weighted by molar-refractivity contribution is 6.30. The first-order chi connectivity index (χ1) is 12.2. The summed E-state index contributed by atoms with van der Waals surface area (Å²) in [6.07, 6.45) is 3.93. The van der Waals surface area contributed by atoms with Crippen molar-refractivity contribution in [2.45, 2.75) is 6.54 Å². The summed E-state index contributed by atoms with van der Waals surface area (Å²) in [6.45, 7) is 5.90. The van der Waals surface area contributed by atoms with Crippen LogP contribution in [0, 0.1) is 0 Å². The maximum atomic E-state index is 5.98. The van der Waals surface area contributed by atoms with E-state index in [2.05, 4.69) is 42.9 Å². The molecule has 0 aliphatic carbocycles. The zero-order valence-corrected chi connectivity index (χ0v) is 15.2. The minimum atomic E-state index is 0.788. The van der Waals surface area contributed by atoms with E-state index >= 15 is 0 Å². The number of piperazine rings is 1. The average molecular weight is 356 g/mol. The lowest BCUT2D eigenvalue weighted by molar-refractivity contribution is 0.249. The summed E-state index contributed by atoms with van der Waals surface area (Å²) < 4.78 is 0. The molecule has 0 bridgehead atoms. The highest BCUT2D eigenvalue weighted by Gasteiger charge is 2.19. The maximum absolute atomic E-state index is 5.98. The highest BCUT2D eigenvalue weighted by atomic mass is 35.5. The molecule has 130 valence electrons. The molecule has 3 heterocycles. The Morgan fingerprint density at radius 2 is 1.84 bits per heavy atom. The van der Waals surface area contributed by atoms with Crippen molar-refractivity contribution < 1.29 is 0 Å². The lowest BCUT2D eigenvalue weighted by Gasteiger charge is -2.36. The van der Waals surface area contributed by atoms with Crippen LogP contribution in [0.3, 0.4) is 0 Å². The van der Waals surface area contributed by atoms with Crippen LogP contribution < -0.4 is 9.80 Å². The van der Waals surface area contributed by atoms with Gasteiger partial charge in [-0.1, -0.05) is 11.6 Å². The topological polar surface area (TPSA) is 35.0 Å². The van der Waals surface area contributed by atoms with Crippen LogP contribution in [0.4, 0.5) is 17.2 Å². The van der Waals surface area contributed by atoms with Gasteiger partial charge in [-0.15, -0.1) is 0 Å². The number of aromatic nitrogens is 1. The Bertz CT molecular complexity index is 766. The quantitative estimate of drug-likeness (QED) is 0.846. The molecular weight excluding hydrogens is 334 g/mol. The Kier molecular flexibility index (Phi) is 4.59. The summed E-state index contributed by atoms with van der Waals surface area (Å²) in [5.41, 5.74) is 3.45. The minimum Gasteiger partial charge on any atom is -0.369 e. The number of rotatable bonds is 3. The summed E-state index contributed by atoms with van der Waals surface area (Å²) in [5, 5.41) is 0.788. The van der Waals surface area contributed by atoms with Crippen LogP contribution in [-0.4, -0.2) is 55.9 Å². The number of benzene rings is 1. The largest absolute Gasteiger partial charge is 0.369 e. The van der Waals surface area contributed by atoms with Gasteiger partial charge in [-0.2, -0.15) is 0 Å². The third kappa shape index (κ3) is 3.62. The molecule has 0 unspecified atom stereocenters. The first-order valence-corrected chi connectivity index (χ1v) is 9.02. The molecule has 4 rings (SSSR count). The van der Waals surface area contributed by atoms with Gasteiger partial charge in [0.25, 0.3) is 0 Å². The molecular formula is C19H22ClN5. The standard InChI is InChI=1S/C19H22ClN5/c1-23-7-6-21-18-12-15(13-22-19(18)23)14-24-8-10-25(11-9-24)17-4-2-16(20)3-5-17/h2-6,12-13H,7-11,14H2,1H3. The molecule has 0 spiro atoms. The van der Waals surface area contributed by atoms with E-state index in [0.29, 0.717) is 0 Å². The van der Waals surface area contributed by atoms with Gasteiger partial charge >= 0.3 is 0 Å². The minimum absolute atomic E-state index is 0.788. The highest BCUT2D eigenvalue weighted by Crippen LogP contribution is 2.29. The molecule has 0 amide bonds. The predicted octanol–water partition coefficient (Wildman–Crippen LogP) is 3.21. The van der Waals surface area contributed by atoms with Gasteiger partial charge in [-0.25, -0.2) is 4.98 Å². The first kappa shape index (κ1) is 16.4. The summed E-state index contributed by atoms with van der Waals surface area (Å²) in [6, 6.07) is 10.3. The van der Waals surface area contributed by atoms with Crippen molar-refractivity contribution in [3.05, 3.63) is 47.1 Å². The van der Waals surface area contributed by atoms with E-state index in [-0.39, 0.29) is 0 Å². The fraction of sp³-hybridized carbons (Fsp3) is 0.368. The Morgan fingerprint density at radius 3 is 2.60 bits per heavy atom. The summed E-state index contributed by atoms with van der Waals surface area (Å²) >= 11 is 5.98. The predicted molar refractivity (Wildman–Crippen MR) is 105 cm³/mol. The van der Waals surface area contributed by atoms with Crippen LogP contribution in [0.1, 0.15) is 5.56 Å². The SMILES string of the molecule is CN1CC=Nc2cc(CN3CCN(c4ccc(Cl)cc4)CC3)cnc21. The molecule has 2 aliphatic rings. The van der Waals surface area contributed by atoms with Crippen molar-refractivity contribution >= 4 is 35.0 Å². The number of hydrogen-bond donors (Lipinski definition) is 0. The molecule has 0 atom stereocenters. The van der Waals surface area contributed by atoms with Crippen LogP contribution in [0.5, 0.6) is 0 Å². The van der Waals surface area contributed by atoms with Gasteiger partial charge in [0.05, 0.1) is 6.54 Å². The summed E-state index contributed by atoms with van der Waals surface area (Å²) in [7, 11) is 2.05. The Balaban J connectivity index is 1.37. The van der Waals surface area contributed by atoms with E-state index < -0.39 is 0 Å². The van der Waals surface area contributed by atoms with E-state index in [1.807, 2.05) is 31.6 Å². The van der Waals surface area contributed by atoms with E-state index in [9.17, 15) is 0 Å². The van der Waals surface area contributed by atoms with E-state index in [1.54, 1.807) is 0 Å². The molecule has 5 nitrogen and oxygen atoms in total. The molecule has 1 fully saturated rings.